The Kier molecular flexibility index (Phi) is 12.9. The molecular formula is C46H52ClN7O7S. The van der Waals surface area contributed by atoms with Gasteiger partial charge in [-0.05, 0) is 110 Å². The monoisotopic (exact) mass is 881 g/mol. The normalized spacial score (nSPS) is 17.6. The molecule has 3 aromatic carbocycles. The van der Waals surface area contributed by atoms with Crippen molar-refractivity contribution < 1.29 is 27.6 Å². The quantitative estimate of drug-likeness (QED) is 0.0718. The molecule has 0 bridgehead atoms. The van der Waals surface area contributed by atoms with Crippen LogP contribution in [-0.2, 0) is 14.8 Å². The number of aromatic nitrogens is 2. The molecule has 0 radical (unpaired) electrons. The summed E-state index contributed by atoms with van der Waals surface area (Å²) in [5.74, 6) is -0.0170. The van der Waals surface area contributed by atoms with Crippen molar-refractivity contribution in [2.24, 2.45) is 11.3 Å². The van der Waals surface area contributed by atoms with Gasteiger partial charge in [-0.2, -0.15) is 0 Å². The van der Waals surface area contributed by atoms with Crippen molar-refractivity contribution >= 4 is 61.2 Å². The number of aromatic amines is 1. The zero-order chi connectivity index (χ0) is 43.4. The van der Waals surface area contributed by atoms with Crippen LogP contribution in [0.4, 0.5) is 17.1 Å². The molecule has 5 aromatic rings. The van der Waals surface area contributed by atoms with Crippen molar-refractivity contribution in [3.05, 3.63) is 117 Å². The number of hydrogen-bond acceptors (Lipinski definition) is 11. The maximum atomic E-state index is 13.9. The topological polar surface area (TPSA) is 172 Å². The average molecular weight is 882 g/mol. The molecule has 62 heavy (non-hydrogen) atoms. The van der Waals surface area contributed by atoms with E-state index in [0.29, 0.717) is 37.1 Å². The number of carbonyl (C=O) groups excluding carboxylic acids is 1. The van der Waals surface area contributed by atoms with Gasteiger partial charge in [-0.15, -0.1) is 0 Å². The molecule has 2 aliphatic heterocycles. The first-order chi connectivity index (χ1) is 29.8. The second kappa shape index (κ2) is 18.5. The van der Waals surface area contributed by atoms with Crippen molar-refractivity contribution in [3.63, 3.8) is 0 Å². The summed E-state index contributed by atoms with van der Waals surface area (Å²) in [4.78, 5) is 37.1. The number of benzene rings is 3. The van der Waals surface area contributed by atoms with Gasteiger partial charge in [0, 0.05) is 86.9 Å². The number of halogens is 1. The third-order valence-electron chi connectivity index (χ3n) is 12.3. The van der Waals surface area contributed by atoms with Crippen LogP contribution in [0.5, 0.6) is 11.5 Å². The smallest absolute Gasteiger partial charge is 0.293 e. The van der Waals surface area contributed by atoms with E-state index in [1.165, 1.54) is 35.0 Å². The van der Waals surface area contributed by atoms with Crippen LogP contribution in [0.25, 0.3) is 16.6 Å². The lowest BCUT2D eigenvalue weighted by Gasteiger charge is -2.39. The molecule has 3 N–H and O–H groups in total. The Balaban J connectivity index is 0.992. The highest BCUT2D eigenvalue weighted by Gasteiger charge is 2.30. The summed E-state index contributed by atoms with van der Waals surface area (Å²) in [6.07, 6.45) is 9.14. The van der Waals surface area contributed by atoms with E-state index in [4.69, 9.17) is 21.1 Å². The standard InChI is InChI=1S/C46H52ClN7O7S/c1-46(2)16-11-34(40(28-46)32-3-5-35(47)6-4-32)30-52-19-21-53(22-20-52)36-7-9-39(43(26-36)61-37-25-33-13-18-49-44(33)50-29-37)45(55)51-62(58,59)38-8-10-41(42(27-38)54(56)57)48-17-12-31-14-23-60-24-15-31/h3-10,13,18,25-27,29,31,48H,11-12,14-17,19-24,28,30H2,1-2H3,(H,49,50)(H,51,55). The molecule has 16 heteroatoms. The molecule has 4 heterocycles. The molecule has 0 saturated carbocycles. The van der Waals surface area contributed by atoms with Crippen molar-refractivity contribution in [3.8, 4) is 11.5 Å². The zero-order valence-electron chi connectivity index (χ0n) is 35.0. The number of nitrogens with one attached hydrogen (secondary N) is 3. The minimum Gasteiger partial charge on any atom is -0.455 e. The number of ether oxygens (including phenoxy) is 2. The fourth-order valence-corrected chi connectivity index (χ4v) is 9.75. The van der Waals surface area contributed by atoms with E-state index < -0.39 is 31.4 Å². The number of pyridine rings is 1. The summed E-state index contributed by atoms with van der Waals surface area (Å²) < 4.78 is 41.2. The number of anilines is 2. The fourth-order valence-electron chi connectivity index (χ4n) is 8.64. The Hall–Kier alpha value is -5.48. The summed E-state index contributed by atoms with van der Waals surface area (Å²) in [7, 11) is -4.55. The van der Waals surface area contributed by atoms with Gasteiger partial charge < -0.3 is 24.7 Å². The summed E-state index contributed by atoms with van der Waals surface area (Å²) in [5.41, 5.74) is 5.57. The Bertz CT molecular complexity index is 2580. The van der Waals surface area contributed by atoms with E-state index >= 15 is 0 Å². The molecule has 2 aromatic heterocycles. The predicted molar refractivity (Wildman–Crippen MR) is 242 cm³/mol. The molecule has 1 amide bonds. The van der Waals surface area contributed by atoms with E-state index in [1.54, 1.807) is 30.5 Å². The number of amides is 1. The maximum absolute atomic E-state index is 13.9. The molecule has 3 aliphatic rings. The van der Waals surface area contributed by atoms with E-state index in [1.807, 2.05) is 18.2 Å². The fraction of sp³-hybridized carbons (Fsp3) is 0.391. The Labute approximate surface area is 366 Å². The van der Waals surface area contributed by atoms with Crippen LogP contribution in [0.2, 0.25) is 5.02 Å². The third-order valence-corrected chi connectivity index (χ3v) is 13.8. The highest BCUT2D eigenvalue weighted by molar-refractivity contribution is 7.90. The molecule has 2 saturated heterocycles. The van der Waals surface area contributed by atoms with Crippen molar-refractivity contribution in [1.29, 1.82) is 0 Å². The molecule has 0 spiro atoms. The van der Waals surface area contributed by atoms with Crippen LogP contribution in [0.15, 0.2) is 95.7 Å². The van der Waals surface area contributed by atoms with E-state index in [2.05, 4.69) is 55.8 Å². The molecule has 14 nitrogen and oxygen atoms in total. The van der Waals surface area contributed by atoms with Crippen LogP contribution in [0, 0.1) is 21.4 Å². The van der Waals surface area contributed by atoms with E-state index in [-0.39, 0.29) is 22.4 Å². The first-order valence-corrected chi connectivity index (χ1v) is 23.0. The van der Waals surface area contributed by atoms with Crippen LogP contribution in [0.3, 0.4) is 0 Å². The number of nitro groups is 1. The van der Waals surface area contributed by atoms with Gasteiger partial charge in [0.15, 0.2) is 0 Å². The lowest BCUT2D eigenvalue weighted by molar-refractivity contribution is -0.384. The summed E-state index contributed by atoms with van der Waals surface area (Å²) >= 11 is 6.24. The van der Waals surface area contributed by atoms with Crippen molar-refractivity contribution in [2.45, 2.75) is 57.3 Å². The van der Waals surface area contributed by atoms with Gasteiger partial charge in [0.1, 0.15) is 22.8 Å². The molecular weight excluding hydrogens is 830 g/mol. The van der Waals surface area contributed by atoms with Crippen LogP contribution in [0.1, 0.15) is 68.3 Å². The van der Waals surface area contributed by atoms with Gasteiger partial charge >= 0.3 is 0 Å². The number of H-pyrrole nitrogens is 1. The number of nitrogens with zero attached hydrogens (tertiary/aromatic N) is 4. The number of allylic oxidation sites excluding steroid dienone is 1. The molecule has 0 unspecified atom stereocenters. The van der Waals surface area contributed by atoms with E-state index in [9.17, 15) is 23.3 Å². The van der Waals surface area contributed by atoms with Gasteiger partial charge in [0.05, 0.1) is 21.6 Å². The number of sulfonamides is 1. The minimum absolute atomic E-state index is 0.0343. The average Bonchev–Trinajstić information content (AvgIpc) is 3.73. The number of fused-ring (bicyclic) bond motifs is 1. The lowest BCUT2D eigenvalue weighted by atomic mass is 9.72. The first kappa shape index (κ1) is 43.2. The van der Waals surface area contributed by atoms with Crippen LogP contribution < -0.4 is 19.7 Å². The molecule has 8 rings (SSSR count). The van der Waals surface area contributed by atoms with Crippen molar-refractivity contribution in [2.75, 3.05) is 62.7 Å². The second-order valence-corrected chi connectivity index (χ2v) is 19.3. The zero-order valence-corrected chi connectivity index (χ0v) is 36.6. The van der Waals surface area contributed by atoms with Gasteiger partial charge in [0.2, 0.25) is 0 Å². The summed E-state index contributed by atoms with van der Waals surface area (Å²) in [6.45, 7) is 10.5. The number of hydrogen-bond donors (Lipinski definition) is 3. The van der Waals surface area contributed by atoms with Crippen LogP contribution in [-0.4, -0.2) is 86.6 Å². The van der Waals surface area contributed by atoms with Gasteiger partial charge in [-0.1, -0.05) is 43.2 Å². The number of carbonyl (C=O) groups is 1. The number of rotatable bonds is 14. The minimum atomic E-state index is -4.55. The number of nitro benzene ring substituents is 1. The molecule has 0 atom stereocenters. The summed E-state index contributed by atoms with van der Waals surface area (Å²) in [6, 6.07) is 20.5. The highest BCUT2D eigenvalue weighted by Crippen LogP contribution is 2.43. The first-order valence-electron chi connectivity index (χ1n) is 21.2. The number of piperazine rings is 1. The Morgan fingerprint density at radius 1 is 1.03 bits per heavy atom. The predicted octanol–water partition coefficient (Wildman–Crippen LogP) is 9.05. The molecule has 1 aliphatic carbocycles. The second-order valence-electron chi connectivity index (χ2n) is 17.2. The third kappa shape index (κ3) is 10.2. The van der Waals surface area contributed by atoms with Gasteiger partial charge in [-0.25, -0.2) is 18.1 Å². The SMILES string of the molecule is CC1(C)CCC(CN2CCN(c3ccc(C(=O)NS(=O)(=O)c4ccc(NCCC5CCOCC5)c([N+](=O)[O-])c4)c(Oc4cnc5[nH]ccc5c4)c3)CC2)=C(c2ccc(Cl)cc2)C1. The molecule has 2 fully saturated rings. The van der Waals surface area contributed by atoms with Crippen molar-refractivity contribution in [1.82, 2.24) is 19.6 Å². The lowest BCUT2D eigenvalue weighted by Crippen LogP contribution is -2.47. The molecule has 326 valence electrons. The summed E-state index contributed by atoms with van der Waals surface area (Å²) in [5, 5.41) is 16.7. The maximum Gasteiger partial charge on any atom is 0.293 e. The van der Waals surface area contributed by atoms with Gasteiger partial charge in [0.25, 0.3) is 21.6 Å². The Morgan fingerprint density at radius 3 is 2.56 bits per heavy atom. The van der Waals surface area contributed by atoms with Gasteiger partial charge in [-0.3, -0.25) is 19.8 Å². The largest absolute Gasteiger partial charge is 0.455 e. The highest BCUT2D eigenvalue weighted by atomic mass is 35.5. The van der Waals surface area contributed by atoms with E-state index in [0.717, 1.165) is 93.4 Å². The van der Waals surface area contributed by atoms with Crippen LogP contribution >= 0.6 is 11.6 Å². The Morgan fingerprint density at radius 2 is 1.81 bits per heavy atom.